The highest BCUT2D eigenvalue weighted by molar-refractivity contribution is 5.96. The average molecular weight is 240 g/mol. The van der Waals surface area contributed by atoms with E-state index in [1.54, 1.807) is 0 Å². The zero-order chi connectivity index (χ0) is 13.4. The number of aliphatic hydroxyl groups excluding tert-OH is 1. The van der Waals surface area contributed by atoms with Crippen LogP contribution < -0.4 is 0 Å². The monoisotopic (exact) mass is 240 g/mol. The first-order valence-electron chi connectivity index (χ1n) is 5.27. The Kier molecular flexibility index (Phi) is 6.58. The summed E-state index contributed by atoms with van der Waals surface area (Å²) in [5.74, 6) is -2.39. The van der Waals surface area contributed by atoms with Crippen LogP contribution in [0.15, 0.2) is 18.2 Å². The smallest absolute Gasteiger partial charge is 0.335 e. The third kappa shape index (κ3) is 3.88. The molecule has 1 aromatic rings. The van der Waals surface area contributed by atoms with Gasteiger partial charge in [0, 0.05) is 6.61 Å². The van der Waals surface area contributed by atoms with Crippen LogP contribution in [0, 0.1) is 0 Å². The molecule has 0 aliphatic carbocycles. The van der Waals surface area contributed by atoms with Gasteiger partial charge in [-0.1, -0.05) is 19.9 Å². The molecule has 0 unspecified atom stereocenters. The summed E-state index contributed by atoms with van der Waals surface area (Å²) in [6.45, 7) is 3.71. The number of aromatic carboxylic acids is 2. The molecule has 0 bridgehead atoms. The van der Waals surface area contributed by atoms with Gasteiger partial charge >= 0.3 is 11.9 Å². The molecule has 0 amide bonds. The van der Waals surface area contributed by atoms with Crippen LogP contribution in [0.4, 0.5) is 0 Å². The minimum Gasteiger partial charge on any atom is -0.478 e. The van der Waals surface area contributed by atoms with Crippen LogP contribution in [0.5, 0.6) is 0 Å². The number of hydrogen-bond acceptors (Lipinski definition) is 3. The Balaban J connectivity index is 0.00000121. The summed E-state index contributed by atoms with van der Waals surface area (Å²) in [5.41, 5.74) is -0.00657. The third-order valence-electron chi connectivity index (χ3n) is 2.00. The molecule has 0 aliphatic heterocycles. The molecule has 5 heteroatoms. The van der Waals surface area contributed by atoms with Crippen molar-refractivity contribution >= 4 is 11.9 Å². The number of rotatable bonds is 4. The topological polar surface area (TPSA) is 94.8 Å². The first kappa shape index (κ1) is 15.1. The molecule has 0 fully saturated rings. The Morgan fingerprint density at radius 1 is 1.06 bits per heavy atom. The molecule has 0 heterocycles. The van der Waals surface area contributed by atoms with Gasteiger partial charge in [0.25, 0.3) is 0 Å². The summed E-state index contributed by atoms with van der Waals surface area (Å²) in [6.07, 6.45) is 0.0180. The highest BCUT2D eigenvalue weighted by atomic mass is 16.4. The molecule has 1 rings (SSSR count). The molecular weight excluding hydrogens is 224 g/mol. The van der Waals surface area contributed by atoms with Crippen molar-refractivity contribution in [1.82, 2.24) is 0 Å². The molecule has 0 saturated carbocycles. The van der Waals surface area contributed by atoms with Gasteiger partial charge < -0.3 is 15.3 Å². The summed E-state index contributed by atoms with van der Waals surface area (Å²) < 4.78 is 0. The normalized spacial score (nSPS) is 9.12. The molecule has 0 saturated heterocycles. The molecule has 94 valence electrons. The SMILES string of the molecule is CC.O=C(O)c1cccc(C(=O)O)c1CCO. The van der Waals surface area contributed by atoms with Crippen molar-refractivity contribution in [3.63, 3.8) is 0 Å². The molecule has 3 N–H and O–H groups in total. The molecule has 0 spiro atoms. The Bertz CT molecular complexity index is 366. The Labute approximate surface area is 99.3 Å². The largest absolute Gasteiger partial charge is 0.478 e. The van der Waals surface area contributed by atoms with E-state index in [1.165, 1.54) is 18.2 Å². The first-order valence-corrected chi connectivity index (χ1v) is 5.27. The number of carboxylic acid groups (broad SMARTS) is 2. The maximum absolute atomic E-state index is 10.8. The van der Waals surface area contributed by atoms with Crippen molar-refractivity contribution < 1.29 is 24.9 Å². The van der Waals surface area contributed by atoms with Crippen molar-refractivity contribution in [2.45, 2.75) is 20.3 Å². The number of hydrogen-bond donors (Lipinski definition) is 3. The molecule has 0 aliphatic rings. The molecular formula is C12H16O5. The van der Waals surface area contributed by atoms with E-state index in [-0.39, 0.29) is 29.7 Å². The fourth-order valence-electron chi connectivity index (χ4n) is 1.37. The zero-order valence-electron chi connectivity index (χ0n) is 9.80. The highest BCUT2D eigenvalue weighted by Gasteiger charge is 2.16. The Hall–Kier alpha value is -1.88. The Morgan fingerprint density at radius 2 is 1.47 bits per heavy atom. The van der Waals surface area contributed by atoms with E-state index < -0.39 is 11.9 Å². The summed E-state index contributed by atoms with van der Waals surface area (Å²) in [7, 11) is 0. The van der Waals surface area contributed by atoms with Crippen LogP contribution >= 0.6 is 0 Å². The van der Waals surface area contributed by atoms with Crippen LogP contribution in [0.25, 0.3) is 0 Å². The van der Waals surface area contributed by atoms with Gasteiger partial charge in [-0.25, -0.2) is 9.59 Å². The quantitative estimate of drug-likeness (QED) is 0.743. The summed E-state index contributed by atoms with van der Waals surface area (Å²) in [5, 5.41) is 26.4. The van der Waals surface area contributed by atoms with Crippen LogP contribution in [0.1, 0.15) is 40.1 Å². The Morgan fingerprint density at radius 3 is 1.76 bits per heavy atom. The predicted molar refractivity (Wildman–Crippen MR) is 62.5 cm³/mol. The van der Waals surface area contributed by atoms with E-state index in [0.29, 0.717) is 0 Å². The van der Waals surface area contributed by atoms with Crippen LogP contribution in [0.3, 0.4) is 0 Å². The van der Waals surface area contributed by atoms with E-state index in [2.05, 4.69) is 0 Å². The van der Waals surface area contributed by atoms with Gasteiger partial charge in [0.2, 0.25) is 0 Å². The molecule has 17 heavy (non-hydrogen) atoms. The van der Waals surface area contributed by atoms with E-state index >= 15 is 0 Å². The molecule has 1 aromatic carbocycles. The lowest BCUT2D eigenvalue weighted by molar-refractivity contribution is 0.0695. The van der Waals surface area contributed by atoms with Gasteiger partial charge in [-0.05, 0) is 24.1 Å². The van der Waals surface area contributed by atoms with Crippen molar-refractivity contribution in [2.75, 3.05) is 6.61 Å². The summed E-state index contributed by atoms with van der Waals surface area (Å²) in [6, 6.07) is 4.01. The van der Waals surface area contributed by atoms with Gasteiger partial charge in [-0.2, -0.15) is 0 Å². The van der Waals surface area contributed by atoms with E-state index in [4.69, 9.17) is 15.3 Å². The second kappa shape index (κ2) is 7.40. The van der Waals surface area contributed by atoms with Crippen LogP contribution in [-0.2, 0) is 6.42 Å². The lowest BCUT2D eigenvalue weighted by Gasteiger charge is -2.07. The molecule has 0 aromatic heterocycles. The van der Waals surface area contributed by atoms with Crippen molar-refractivity contribution in [3.8, 4) is 0 Å². The minimum absolute atomic E-state index is 0.0180. The summed E-state index contributed by atoms with van der Waals surface area (Å²) in [4.78, 5) is 21.6. The third-order valence-corrected chi connectivity index (χ3v) is 2.00. The fourth-order valence-corrected chi connectivity index (χ4v) is 1.37. The minimum atomic E-state index is -1.19. The summed E-state index contributed by atoms with van der Waals surface area (Å²) >= 11 is 0. The average Bonchev–Trinajstić information content (AvgIpc) is 2.31. The molecule has 0 radical (unpaired) electrons. The van der Waals surface area contributed by atoms with Crippen molar-refractivity contribution in [2.24, 2.45) is 0 Å². The van der Waals surface area contributed by atoms with Crippen molar-refractivity contribution in [3.05, 3.63) is 34.9 Å². The maximum atomic E-state index is 10.8. The predicted octanol–water partition coefficient (Wildman–Crippen LogP) is 1.64. The van der Waals surface area contributed by atoms with E-state index in [0.717, 1.165) is 0 Å². The molecule has 5 nitrogen and oxygen atoms in total. The highest BCUT2D eigenvalue weighted by Crippen LogP contribution is 2.16. The molecule has 0 atom stereocenters. The number of benzene rings is 1. The van der Waals surface area contributed by atoms with Gasteiger partial charge in [0.1, 0.15) is 0 Å². The standard InChI is InChI=1S/C10H10O5.C2H6/c11-5-4-6-7(9(12)13)2-1-3-8(6)10(14)15;1-2/h1-3,11H,4-5H2,(H,12,13)(H,14,15);1-2H3. The van der Waals surface area contributed by atoms with Crippen LogP contribution in [0.2, 0.25) is 0 Å². The maximum Gasteiger partial charge on any atom is 0.335 e. The van der Waals surface area contributed by atoms with Gasteiger partial charge in [0.15, 0.2) is 0 Å². The van der Waals surface area contributed by atoms with E-state index in [1.807, 2.05) is 13.8 Å². The van der Waals surface area contributed by atoms with Gasteiger partial charge in [-0.15, -0.1) is 0 Å². The fraction of sp³-hybridized carbons (Fsp3) is 0.333. The lowest BCUT2D eigenvalue weighted by Crippen LogP contribution is -2.11. The van der Waals surface area contributed by atoms with Gasteiger partial charge in [0.05, 0.1) is 11.1 Å². The number of carbonyl (C=O) groups is 2. The van der Waals surface area contributed by atoms with Crippen molar-refractivity contribution in [1.29, 1.82) is 0 Å². The van der Waals surface area contributed by atoms with E-state index in [9.17, 15) is 9.59 Å². The number of aliphatic hydroxyl groups is 1. The first-order chi connectivity index (χ1) is 8.07. The number of carboxylic acids is 2. The second-order valence-electron chi connectivity index (χ2n) is 2.92. The zero-order valence-corrected chi connectivity index (χ0v) is 9.80. The van der Waals surface area contributed by atoms with Crippen LogP contribution in [-0.4, -0.2) is 33.9 Å². The second-order valence-corrected chi connectivity index (χ2v) is 2.92. The lowest BCUT2D eigenvalue weighted by atomic mass is 9.98. The van der Waals surface area contributed by atoms with Gasteiger partial charge in [-0.3, -0.25) is 0 Å².